The van der Waals surface area contributed by atoms with Crippen LogP contribution in [0, 0.1) is 15.4 Å². The highest BCUT2D eigenvalue weighted by atomic mass is 127. The monoisotopic (exact) mass is 331 g/mol. The van der Waals surface area contributed by atoms with E-state index in [4.69, 9.17) is 5.11 Å². The fourth-order valence-corrected chi connectivity index (χ4v) is 2.07. The Labute approximate surface area is 106 Å². The van der Waals surface area contributed by atoms with Crippen molar-refractivity contribution in [3.8, 4) is 0 Å². The second-order valence-corrected chi connectivity index (χ2v) is 4.92. The fraction of sp³-hybridized carbons (Fsp3) is 0.273. The molecule has 1 aromatic carbocycles. The van der Waals surface area contributed by atoms with E-state index in [1.54, 1.807) is 6.07 Å². The first kappa shape index (κ1) is 11.4. The van der Waals surface area contributed by atoms with Crippen LogP contribution in [0.2, 0.25) is 0 Å². The molecule has 84 valence electrons. The van der Waals surface area contributed by atoms with Crippen molar-refractivity contribution in [1.82, 2.24) is 0 Å². The molecule has 4 nitrogen and oxygen atoms in total. The van der Waals surface area contributed by atoms with Gasteiger partial charge in [0.05, 0.1) is 17.5 Å². The summed E-state index contributed by atoms with van der Waals surface area (Å²) in [6.07, 6.45) is 0.449. The molecule has 0 bridgehead atoms. The zero-order valence-corrected chi connectivity index (χ0v) is 10.5. The van der Waals surface area contributed by atoms with E-state index in [0.29, 0.717) is 6.42 Å². The summed E-state index contributed by atoms with van der Waals surface area (Å²) in [6, 6.07) is 7.41. The molecule has 5 heteroatoms. The Hall–Kier alpha value is -1.11. The molecule has 1 aliphatic carbocycles. The molecule has 16 heavy (non-hydrogen) atoms. The van der Waals surface area contributed by atoms with Gasteiger partial charge in [-0.3, -0.25) is 9.59 Å². The second-order valence-electron chi connectivity index (χ2n) is 3.76. The number of halogens is 1. The van der Waals surface area contributed by atoms with Gasteiger partial charge in [0.1, 0.15) is 0 Å². The molecule has 1 aromatic rings. The zero-order chi connectivity index (χ0) is 11.7. The van der Waals surface area contributed by atoms with Crippen LogP contribution in [-0.2, 0) is 9.59 Å². The number of nitrogens with one attached hydrogen (secondary N) is 1. The molecular formula is C11H10INO3. The number of aliphatic carboxylic acids is 1. The van der Waals surface area contributed by atoms with Gasteiger partial charge in [0.25, 0.3) is 0 Å². The van der Waals surface area contributed by atoms with Gasteiger partial charge in [0, 0.05) is 3.57 Å². The summed E-state index contributed by atoms with van der Waals surface area (Å²) >= 11 is 2.13. The van der Waals surface area contributed by atoms with E-state index in [2.05, 4.69) is 27.9 Å². The minimum Gasteiger partial charge on any atom is -0.481 e. The molecule has 1 amide bonds. The first-order valence-electron chi connectivity index (χ1n) is 4.88. The Bertz CT molecular complexity index is 447. The maximum absolute atomic E-state index is 11.7. The number of carbonyl (C=O) groups is 2. The van der Waals surface area contributed by atoms with Crippen LogP contribution < -0.4 is 5.32 Å². The van der Waals surface area contributed by atoms with E-state index in [0.717, 1.165) is 9.26 Å². The second kappa shape index (κ2) is 4.40. The molecule has 0 saturated heterocycles. The van der Waals surface area contributed by atoms with Crippen LogP contribution >= 0.6 is 22.6 Å². The van der Waals surface area contributed by atoms with E-state index in [1.807, 2.05) is 18.2 Å². The van der Waals surface area contributed by atoms with Crippen molar-refractivity contribution in [3.05, 3.63) is 27.8 Å². The third-order valence-corrected chi connectivity index (χ3v) is 3.52. The third-order valence-electron chi connectivity index (χ3n) is 2.58. The summed E-state index contributed by atoms with van der Waals surface area (Å²) in [6.45, 7) is 0. The van der Waals surface area contributed by atoms with Crippen molar-refractivity contribution in [3.63, 3.8) is 0 Å². The number of anilines is 1. The molecular weight excluding hydrogens is 321 g/mol. The summed E-state index contributed by atoms with van der Waals surface area (Å²) in [5.74, 6) is -1.95. The minimum absolute atomic E-state index is 0.198. The molecule has 2 N–H and O–H groups in total. The van der Waals surface area contributed by atoms with Crippen molar-refractivity contribution in [2.24, 2.45) is 11.8 Å². The number of carboxylic acid groups (broad SMARTS) is 1. The number of carbonyl (C=O) groups excluding carboxylic acids is 1. The molecule has 0 aromatic heterocycles. The Morgan fingerprint density at radius 2 is 2.00 bits per heavy atom. The Morgan fingerprint density at radius 3 is 2.56 bits per heavy atom. The third kappa shape index (κ3) is 2.34. The van der Waals surface area contributed by atoms with E-state index in [9.17, 15) is 9.59 Å². The lowest BCUT2D eigenvalue weighted by atomic mass is 10.2. The number of hydrogen-bond acceptors (Lipinski definition) is 2. The van der Waals surface area contributed by atoms with Crippen LogP contribution in [-0.4, -0.2) is 17.0 Å². The lowest BCUT2D eigenvalue weighted by molar-refractivity contribution is -0.139. The molecule has 0 heterocycles. The van der Waals surface area contributed by atoms with Gasteiger partial charge in [-0.05, 0) is 41.1 Å². The number of rotatable bonds is 3. The topological polar surface area (TPSA) is 66.4 Å². The Balaban J connectivity index is 1.99. The van der Waals surface area contributed by atoms with Gasteiger partial charge < -0.3 is 10.4 Å². The quantitative estimate of drug-likeness (QED) is 0.832. The highest BCUT2D eigenvalue weighted by Crippen LogP contribution is 2.39. The molecule has 1 aliphatic rings. The number of amides is 1. The molecule has 2 atom stereocenters. The van der Waals surface area contributed by atoms with Crippen LogP contribution in [0.25, 0.3) is 0 Å². The van der Waals surface area contributed by atoms with Crippen molar-refractivity contribution < 1.29 is 14.7 Å². The SMILES string of the molecule is O=C(O)[C@H]1C[C@H]1C(=O)Nc1ccccc1I. The summed E-state index contributed by atoms with van der Waals surface area (Å²) in [5.41, 5.74) is 0.740. The van der Waals surface area contributed by atoms with Crippen LogP contribution in [0.3, 0.4) is 0 Å². The van der Waals surface area contributed by atoms with Gasteiger partial charge >= 0.3 is 5.97 Å². The van der Waals surface area contributed by atoms with Gasteiger partial charge in [-0.2, -0.15) is 0 Å². The van der Waals surface area contributed by atoms with E-state index < -0.39 is 11.9 Å². The lowest BCUT2D eigenvalue weighted by Gasteiger charge is -2.05. The molecule has 0 spiro atoms. The molecule has 1 fully saturated rings. The molecule has 0 unspecified atom stereocenters. The summed E-state index contributed by atoms with van der Waals surface area (Å²) in [5, 5.41) is 11.5. The lowest BCUT2D eigenvalue weighted by Crippen LogP contribution is -2.17. The van der Waals surface area contributed by atoms with Crippen LogP contribution in [0.5, 0.6) is 0 Å². The normalized spacial score (nSPS) is 22.6. The largest absolute Gasteiger partial charge is 0.481 e. The van der Waals surface area contributed by atoms with E-state index in [1.165, 1.54) is 0 Å². The van der Waals surface area contributed by atoms with Gasteiger partial charge in [0.15, 0.2) is 0 Å². The number of hydrogen-bond donors (Lipinski definition) is 2. The number of benzene rings is 1. The van der Waals surface area contributed by atoms with Crippen molar-refractivity contribution >= 4 is 40.2 Å². The van der Waals surface area contributed by atoms with E-state index >= 15 is 0 Å². The Kier molecular flexibility index (Phi) is 3.13. The van der Waals surface area contributed by atoms with Crippen LogP contribution in [0.4, 0.5) is 5.69 Å². The smallest absolute Gasteiger partial charge is 0.307 e. The fourth-order valence-electron chi connectivity index (χ4n) is 1.55. The van der Waals surface area contributed by atoms with Gasteiger partial charge in [-0.25, -0.2) is 0 Å². The first-order valence-corrected chi connectivity index (χ1v) is 5.95. The van der Waals surface area contributed by atoms with Crippen LogP contribution in [0.15, 0.2) is 24.3 Å². The molecule has 0 aliphatic heterocycles. The maximum atomic E-state index is 11.7. The zero-order valence-electron chi connectivity index (χ0n) is 8.31. The highest BCUT2D eigenvalue weighted by Gasteiger charge is 2.48. The van der Waals surface area contributed by atoms with Gasteiger partial charge in [0.2, 0.25) is 5.91 Å². The standard InChI is InChI=1S/C11H10INO3/c12-8-3-1-2-4-9(8)13-10(14)6-5-7(6)11(15)16/h1-4,6-7H,5H2,(H,13,14)(H,15,16)/t6-,7+/m1/s1. The summed E-state index contributed by atoms with van der Waals surface area (Å²) < 4.78 is 0.945. The maximum Gasteiger partial charge on any atom is 0.307 e. The predicted octanol–water partition coefficient (Wildman–Crippen LogP) is 1.95. The first-order chi connectivity index (χ1) is 7.59. The average molecular weight is 331 g/mol. The van der Waals surface area contributed by atoms with Crippen molar-refractivity contribution in [1.29, 1.82) is 0 Å². The van der Waals surface area contributed by atoms with Crippen molar-refractivity contribution in [2.45, 2.75) is 6.42 Å². The van der Waals surface area contributed by atoms with Gasteiger partial charge in [-0.15, -0.1) is 0 Å². The molecule has 2 rings (SSSR count). The Morgan fingerprint density at radius 1 is 1.31 bits per heavy atom. The summed E-state index contributed by atoms with van der Waals surface area (Å²) in [4.78, 5) is 22.3. The average Bonchev–Trinajstić information content (AvgIpc) is 3.01. The highest BCUT2D eigenvalue weighted by molar-refractivity contribution is 14.1. The number of carboxylic acids is 1. The minimum atomic E-state index is -0.886. The number of para-hydroxylation sites is 1. The van der Waals surface area contributed by atoms with E-state index in [-0.39, 0.29) is 11.8 Å². The predicted molar refractivity (Wildman–Crippen MR) is 67.0 cm³/mol. The summed E-state index contributed by atoms with van der Waals surface area (Å²) in [7, 11) is 0. The van der Waals surface area contributed by atoms with Gasteiger partial charge in [-0.1, -0.05) is 12.1 Å². The molecule has 0 radical (unpaired) electrons. The molecule has 1 saturated carbocycles. The van der Waals surface area contributed by atoms with Crippen LogP contribution in [0.1, 0.15) is 6.42 Å². The van der Waals surface area contributed by atoms with Crippen molar-refractivity contribution in [2.75, 3.05) is 5.32 Å².